The second-order valence-electron chi connectivity index (χ2n) is 5.97. The summed E-state index contributed by atoms with van der Waals surface area (Å²) in [5.74, 6) is 0.761. The second kappa shape index (κ2) is 4.84. The third kappa shape index (κ3) is 2.73. The molecular weight excluding hydrogens is 216 g/mol. The summed E-state index contributed by atoms with van der Waals surface area (Å²) < 4.78 is 5.46. The predicted octanol–water partition coefficient (Wildman–Crippen LogP) is 1.95. The van der Waals surface area contributed by atoms with Crippen molar-refractivity contribution in [3.63, 3.8) is 0 Å². The minimum Gasteiger partial charge on any atom is -0.377 e. The third-order valence-electron chi connectivity index (χ3n) is 3.93. The van der Waals surface area contributed by atoms with Crippen LogP contribution in [0.3, 0.4) is 0 Å². The smallest absolute Gasteiger partial charge is 0.320 e. The molecule has 17 heavy (non-hydrogen) atoms. The van der Waals surface area contributed by atoms with E-state index in [-0.39, 0.29) is 11.6 Å². The molecule has 2 aliphatic heterocycles. The van der Waals surface area contributed by atoms with Crippen LogP contribution in [-0.2, 0) is 4.74 Å². The average Bonchev–Trinajstić information content (AvgIpc) is 2.28. The maximum Gasteiger partial charge on any atom is 0.320 e. The molecule has 2 fully saturated rings. The number of rotatable bonds is 0. The van der Waals surface area contributed by atoms with Crippen molar-refractivity contribution in [1.82, 2.24) is 9.80 Å². The van der Waals surface area contributed by atoms with Crippen LogP contribution < -0.4 is 0 Å². The maximum absolute atomic E-state index is 12.5. The summed E-state index contributed by atoms with van der Waals surface area (Å²) in [7, 11) is 0. The van der Waals surface area contributed by atoms with Crippen molar-refractivity contribution in [2.24, 2.45) is 5.92 Å². The Balaban J connectivity index is 1.99. The summed E-state index contributed by atoms with van der Waals surface area (Å²) in [6.45, 7) is 10.3. The molecule has 2 saturated heterocycles. The number of carbonyl (C=O) groups excluding carboxylic acids is 1. The molecule has 0 unspecified atom stereocenters. The molecule has 0 atom stereocenters. The molecule has 2 heterocycles. The van der Waals surface area contributed by atoms with Crippen molar-refractivity contribution < 1.29 is 9.53 Å². The van der Waals surface area contributed by atoms with Gasteiger partial charge in [0.15, 0.2) is 0 Å². The van der Waals surface area contributed by atoms with Crippen LogP contribution in [0.15, 0.2) is 0 Å². The lowest BCUT2D eigenvalue weighted by atomic mass is 9.99. The number of ether oxygens (including phenoxy) is 1. The highest BCUT2D eigenvalue weighted by molar-refractivity contribution is 5.75. The van der Waals surface area contributed by atoms with Crippen LogP contribution in [0.5, 0.6) is 0 Å². The predicted molar refractivity (Wildman–Crippen MR) is 67.0 cm³/mol. The first-order valence-corrected chi connectivity index (χ1v) is 6.65. The number of amides is 2. The fourth-order valence-electron chi connectivity index (χ4n) is 2.58. The fourth-order valence-corrected chi connectivity index (χ4v) is 2.58. The largest absolute Gasteiger partial charge is 0.377 e. The van der Waals surface area contributed by atoms with E-state index in [1.54, 1.807) is 0 Å². The molecule has 0 aromatic heterocycles. The molecule has 0 aliphatic carbocycles. The molecule has 4 heteroatoms. The van der Waals surface area contributed by atoms with Gasteiger partial charge in [-0.3, -0.25) is 0 Å². The zero-order chi connectivity index (χ0) is 12.5. The van der Waals surface area contributed by atoms with Gasteiger partial charge in [0.25, 0.3) is 0 Å². The summed E-state index contributed by atoms with van der Waals surface area (Å²) >= 11 is 0. The van der Waals surface area contributed by atoms with Crippen molar-refractivity contribution in [1.29, 1.82) is 0 Å². The molecule has 0 radical (unpaired) electrons. The van der Waals surface area contributed by atoms with Gasteiger partial charge in [-0.25, -0.2) is 4.79 Å². The van der Waals surface area contributed by atoms with Gasteiger partial charge in [-0.1, -0.05) is 6.92 Å². The Morgan fingerprint density at radius 1 is 1.24 bits per heavy atom. The van der Waals surface area contributed by atoms with Gasteiger partial charge in [0, 0.05) is 19.6 Å². The van der Waals surface area contributed by atoms with E-state index in [4.69, 9.17) is 4.74 Å². The third-order valence-corrected chi connectivity index (χ3v) is 3.93. The summed E-state index contributed by atoms with van der Waals surface area (Å²) in [5, 5.41) is 0. The molecule has 0 saturated carbocycles. The number of carbonyl (C=O) groups is 1. The van der Waals surface area contributed by atoms with Gasteiger partial charge in [0.1, 0.15) is 0 Å². The first-order chi connectivity index (χ1) is 8.00. The Kier molecular flexibility index (Phi) is 3.61. The second-order valence-corrected chi connectivity index (χ2v) is 5.97. The van der Waals surface area contributed by atoms with E-state index in [2.05, 4.69) is 20.8 Å². The van der Waals surface area contributed by atoms with Crippen LogP contribution in [0.2, 0.25) is 0 Å². The van der Waals surface area contributed by atoms with Gasteiger partial charge in [0.2, 0.25) is 0 Å². The lowest BCUT2D eigenvalue weighted by Crippen LogP contribution is -2.59. The molecule has 4 nitrogen and oxygen atoms in total. The topological polar surface area (TPSA) is 32.8 Å². The summed E-state index contributed by atoms with van der Waals surface area (Å²) in [4.78, 5) is 16.5. The normalized spacial score (nSPS) is 26.1. The first-order valence-electron chi connectivity index (χ1n) is 6.65. The summed E-state index contributed by atoms with van der Waals surface area (Å²) in [6.07, 6.45) is 2.27. The SMILES string of the molecule is CC1CCN(C(=O)N2CCOCC2(C)C)CC1. The van der Waals surface area contributed by atoms with Crippen LogP contribution in [-0.4, -0.2) is 54.2 Å². The number of morpholine rings is 1. The molecule has 2 amide bonds. The fraction of sp³-hybridized carbons (Fsp3) is 0.923. The lowest BCUT2D eigenvalue weighted by Gasteiger charge is -2.45. The monoisotopic (exact) mass is 240 g/mol. The van der Waals surface area contributed by atoms with Crippen LogP contribution in [0.1, 0.15) is 33.6 Å². The van der Waals surface area contributed by atoms with Gasteiger partial charge in [0.05, 0.1) is 18.8 Å². The van der Waals surface area contributed by atoms with Gasteiger partial charge >= 0.3 is 6.03 Å². The number of likely N-dealkylation sites (tertiary alicyclic amines) is 1. The van der Waals surface area contributed by atoms with Crippen LogP contribution in [0.25, 0.3) is 0 Å². The van der Waals surface area contributed by atoms with Crippen molar-refractivity contribution in [2.45, 2.75) is 39.2 Å². The van der Waals surface area contributed by atoms with E-state index in [1.807, 2.05) is 9.80 Å². The van der Waals surface area contributed by atoms with E-state index in [0.29, 0.717) is 13.2 Å². The molecule has 0 spiro atoms. The number of hydrogen-bond acceptors (Lipinski definition) is 2. The minimum atomic E-state index is -0.168. The Morgan fingerprint density at radius 2 is 1.88 bits per heavy atom. The van der Waals surface area contributed by atoms with E-state index in [1.165, 1.54) is 0 Å². The Labute approximate surface area is 104 Å². The summed E-state index contributed by atoms with van der Waals surface area (Å²) in [6, 6.07) is 0.199. The number of hydrogen-bond donors (Lipinski definition) is 0. The number of urea groups is 1. The zero-order valence-corrected chi connectivity index (χ0v) is 11.2. The molecular formula is C13H24N2O2. The first kappa shape index (κ1) is 12.7. The highest BCUT2D eigenvalue weighted by Gasteiger charge is 2.36. The van der Waals surface area contributed by atoms with Gasteiger partial charge in [-0.2, -0.15) is 0 Å². The van der Waals surface area contributed by atoms with Crippen molar-refractivity contribution in [2.75, 3.05) is 32.8 Å². The van der Waals surface area contributed by atoms with E-state index < -0.39 is 0 Å². The van der Waals surface area contributed by atoms with Crippen LogP contribution in [0, 0.1) is 5.92 Å². The molecule has 2 rings (SSSR count). The Bertz CT molecular complexity index is 283. The van der Waals surface area contributed by atoms with Crippen molar-refractivity contribution in [3.8, 4) is 0 Å². The average molecular weight is 240 g/mol. The lowest BCUT2D eigenvalue weighted by molar-refractivity contribution is -0.0365. The number of nitrogens with zero attached hydrogens (tertiary/aromatic N) is 2. The van der Waals surface area contributed by atoms with Crippen LogP contribution in [0.4, 0.5) is 4.79 Å². The van der Waals surface area contributed by atoms with Crippen molar-refractivity contribution in [3.05, 3.63) is 0 Å². The van der Waals surface area contributed by atoms with Gasteiger partial charge in [-0.15, -0.1) is 0 Å². The Morgan fingerprint density at radius 3 is 2.47 bits per heavy atom. The molecule has 98 valence electrons. The van der Waals surface area contributed by atoms with Gasteiger partial charge < -0.3 is 14.5 Å². The van der Waals surface area contributed by atoms with E-state index >= 15 is 0 Å². The van der Waals surface area contributed by atoms with E-state index in [9.17, 15) is 4.79 Å². The highest BCUT2D eigenvalue weighted by Crippen LogP contribution is 2.23. The quantitative estimate of drug-likeness (QED) is 0.648. The van der Waals surface area contributed by atoms with E-state index in [0.717, 1.165) is 38.4 Å². The molecule has 0 bridgehead atoms. The van der Waals surface area contributed by atoms with Crippen molar-refractivity contribution >= 4 is 6.03 Å². The Hall–Kier alpha value is -0.770. The molecule has 2 aliphatic rings. The van der Waals surface area contributed by atoms with Crippen LogP contribution >= 0.6 is 0 Å². The minimum absolute atomic E-state index is 0.168. The standard InChI is InChI=1S/C13H24N2O2/c1-11-4-6-14(7-5-11)12(16)15-8-9-17-10-13(15,2)3/h11H,4-10H2,1-3H3. The highest BCUT2D eigenvalue weighted by atomic mass is 16.5. The number of piperidine rings is 1. The molecule has 0 N–H and O–H groups in total. The summed E-state index contributed by atoms with van der Waals surface area (Å²) in [5.41, 5.74) is -0.168. The van der Waals surface area contributed by atoms with Gasteiger partial charge in [-0.05, 0) is 32.6 Å². The molecule has 0 aromatic rings. The molecule has 0 aromatic carbocycles. The zero-order valence-electron chi connectivity index (χ0n) is 11.2. The maximum atomic E-state index is 12.5.